The fourth-order valence-electron chi connectivity index (χ4n) is 2.85. The van der Waals surface area contributed by atoms with Crippen LogP contribution in [0.4, 0.5) is 4.39 Å². The average molecular weight is 405 g/mol. The van der Waals surface area contributed by atoms with E-state index in [1.54, 1.807) is 31.2 Å². The van der Waals surface area contributed by atoms with E-state index in [-0.39, 0.29) is 10.5 Å². The normalized spacial score (nSPS) is 16.0. The molecule has 28 heavy (non-hydrogen) atoms. The molecule has 0 unspecified atom stereocenters. The lowest BCUT2D eigenvalue weighted by Crippen LogP contribution is -2.89. The van der Waals surface area contributed by atoms with Gasteiger partial charge in [0.05, 0.1) is 36.8 Å². The predicted molar refractivity (Wildman–Crippen MR) is 103 cm³/mol. The van der Waals surface area contributed by atoms with Crippen LogP contribution in [0.15, 0.2) is 58.5 Å². The van der Waals surface area contributed by atoms with Crippen molar-refractivity contribution in [3.05, 3.63) is 65.5 Å². The Morgan fingerprint density at radius 2 is 1.61 bits per heavy atom. The maximum atomic E-state index is 12.9. The van der Waals surface area contributed by atoms with Crippen LogP contribution >= 0.6 is 0 Å². The number of hydrogen-bond acceptors (Lipinski definition) is 4. The zero-order chi connectivity index (χ0) is 20.1. The van der Waals surface area contributed by atoms with Crippen molar-refractivity contribution < 1.29 is 22.9 Å². The molecule has 0 radical (unpaired) electrons. The van der Waals surface area contributed by atoms with Crippen molar-refractivity contribution in [1.29, 1.82) is 0 Å². The molecule has 0 atom stereocenters. The van der Waals surface area contributed by atoms with Crippen LogP contribution in [0.1, 0.15) is 22.8 Å². The summed E-state index contributed by atoms with van der Waals surface area (Å²) in [6.45, 7) is 4.22. The van der Waals surface area contributed by atoms with Gasteiger partial charge in [0, 0.05) is 5.56 Å². The monoisotopic (exact) mass is 405 g/mol. The number of amides is 1. The van der Waals surface area contributed by atoms with Gasteiger partial charge in [0.1, 0.15) is 5.82 Å². The number of nitrogens with one attached hydrogen (secondary N) is 1. The molecule has 1 aliphatic rings. The van der Waals surface area contributed by atoms with Gasteiger partial charge in [-0.25, -0.2) is 18.2 Å². The number of sulfonamides is 1. The number of hydrazone groups is 1. The number of nitrogens with zero attached hydrogens (tertiary/aromatic N) is 2. The van der Waals surface area contributed by atoms with Crippen LogP contribution in [0, 0.1) is 5.82 Å². The first kappa shape index (κ1) is 20.1. The summed E-state index contributed by atoms with van der Waals surface area (Å²) in [4.78, 5) is 12.3. The molecular weight excluding hydrogens is 383 g/mol. The summed E-state index contributed by atoms with van der Waals surface area (Å²) < 4.78 is 39.7. The Balaban J connectivity index is 1.69. The number of benzene rings is 2. The lowest BCUT2D eigenvalue weighted by Gasteiger charge is -2.24. The van der Waals surface area contributed by atoms with E-state index in [2.05, 4.69) is 15.8 Å². The summed E-state index contributed by atoms with van der Waals surface area (Å²) in [7, 11) is -3.50. The largest absolute Gasteiger partial charge is 0.344 e. The van der Waals surface area contributed by atoms with Crippen molar-refractivity contribution in [2.75, 3.05) is 26.2 Å². The van der Waals surface area contributed by atoms with E-state index in [1.165, 1.54) is 28.6 Å². The highest BCUT2D eigenvalue weighted by atomic mass is 32.2. The first-order valence-corrected chi connectivity index (χ1v) is 10.3. The number of halogens is 1. The molecule has 1 fully saturated rings. The summed E-state index contributed by atoms with van der Waals surface area (Å²) in [5.74, 6) is -0.880. The molecule has 0 aromatic heterocycles. The zero-order valence-electron chi connectivity index (χ0n) is 15.4. The molecule has 3 rings (SSSR count). The first-order valence-electron chi connectivity index (χ1n) is 8.90. The van der Waals surface area contributed by atoms with Crippen LogP contribution < -0.4 is 10.7 Å². The van der Waals surface area contributed by atoms with Crippen molar-refractivity contribution in [1.82, 2.24) is 9.73 Å². The van der Waals surface area contributed by atoms with Crippen molar-refractivity contribution in [2.45, 2.75) is 11.8 Å². The Kier molecular flexibility index (Phi) is 6.18. The fourth-order valence-corrected chi connectivity index (χ4v) is 4.32. The summed E-state index contributed by atoms with van der Waals surface area (Å²) >= 11 is 0. The maximum Gasteiger partial charge on any atom is 0.271 e. The van der Waals surface area contributed by atoms with Gasteiger partial charge >= 0.3 is 0 Å². The lowest BCUT2D eigenvalue weighted by molar-refractivity contribution is -0.661. The summed E-state index contributed by atoms with van der Waals surface area (Å²) in [5.41, 5.74) is 3.91. The fraction of sp³-hybridized carbons (Fsp3) is 0.263. The Morgan fingerprint density at radius 1 is 1.04 bits per heavy atom. The van der Waals surface area contributed by atoms with E-state index in [0.717, 1.165) is 13.1 Å². The molecule has 7 nitrogen and oxygen atoms in total. The van der Waals surface area contributed by atoms with Gasteiger partial charge in [0.25, 0.3) is 5.91 Å². The molecule has 1 amide bonds. The number of piperazine rings is 1. The van der Waals surface area contributed by atoms with Crippen LogP contribution in [-0.2, 0) is 10.0 Å². The second-order valence-electron chi connectivity index (χ2n) is 6.44. The van der Waals surface area contributed by atoms with Gasteiger partial charge in [-0.05, 0) is 48.9 Å². The van der Waals surface area contributed by atoms with Gasteiger partial charge in [0.15, 0.2) is 0 Å². The first-order chi connectivity index (χ1) is 13.4. The standard InChI is InChI=1S/C19H21FN4O3S/c1-14(22-23-19(25)16-2-6-17(20)7-3-16)15-4-8-18(9-5-15)28(26,27)24-12-10-21-11-13-24/h2-9,21H,10-13H2,1H3,(H,23,25)/p+1/b22-14-. The van der Waals surface area contributed by atoms with Gasteiger partial charge in [-0.1, -0.05) is 12.1 Å². The molecule has 148 valence electrons. The van der Waals surface area contributed by atoms with Gasteiger partial charge < -0.3 is 5.32 Å². The zero-order valence-corrected chi connectivity index (χ0v) is 16.2. The second kappa shape index (κ2) is 8.59. The molecule has 9 heteroatoms. The molecule has 2 aromatic rings. The molecule has 1 saturated heterocycles. The number of rotatable bonds is 5. The summed E-state index contributed by atoms with van der Waals surface area (Å²) in [6, 6.07) is 11.5. The van der Waals surface area contributed by atoms with Crippen LogP contribution in [0.25, 0.3) is 0 Å². The van der Waals surface area contributed by atoms with Gasteiger partial charge in [-0.3, -0.25) is 4.79 Å². The Hall–Kier alpha value is -2.62. The maximum absolute atomic E-state index is 12.9. The smallest absolute Gasteiger partial charge is 0.271 e. The number of quaternary nitrogens is 1. The third-order valence-electron chi connectivity index (χ3n) is 4.51. The SMILES string of the molecule is C/C(=N/NC(=O)c1ccc(F)cc1)c1ccc(S(=O)(=O)N2CC[NH2+]CC2)cc1. The number of hydrogen-bond donors (Lipinski definition) is 2. The number of carbonyl (C=O) groups is 1. The predicted octanol–water partition coefficient (Wildman–Crippen LogP) is 0.547. The van der Waals surface area contributed by atoms with Crippen molar-refractivity contribution in [3.8, 4) is 0 Å². The Labute approximate surface area is 163 Å². The highest BCUT2D eigenvalue weighted by molar-refractivity contribution is 7.89. The van der Waals surface area contributed by atoms with Crippen molar-refractivity contribution >= 4 is 21.6 Å². The van der Waals surface area contributed by atoms with Gasteiger partial charge in [0.2, 0.25) is 10.0 Å². The lowest BCUT2D eigenvalue weighted by atomic mass is 10.1. The third-order valence-corrected chi connectivity index (χ3v) is 6.42. The minimum absolute atomic E-state index is 0.237. The molecule has 0 bridgehead atoms. The van der Waals surface area contributed by atoms with Gasteiger partial charge in [-0.2, -0.15) is 9.41 Å². The van der Waals surface area contributed by atoms with Crippen LogP contribution in [0.2, 0.25) is 0 Å². The Morgan fingerprint density at radius 3 is 2.21 bits per heavy atom. The van der Waals surface area contributed by atoms with Crippen molar-refractivity contribution in [2.24, 2.45) is 5.10 Å². The van der Waals surface area contributed by atoms with Crippen LogP contribution in [0.3, 0.4) is 0 Å². The second-order valence-corrected chi connectivity index (χ2v) is 8.38. The summed E-state index contributed by atoms with van der Waals surface area (Å²) in [5, 5.41) is 6.13. The molecule has 0 spiro atoms. The van der Waals surface area contributed by atoms with Crippen LogP contribution in [0.5, 0.6) is 0 Å². The highest BCUT2D eigenvalue weighted by Crippen LogP contribution is 2.16. The minimum Gasteiger partial charge on any atom is -0.344 e. The summed E-state index contributed by atoms with van der Waals surface area (Å²) in [6.07, 6.45) is 0. The quantitative estimate of drug-likeness (QED) is 0.562. The number of carbonyl (C=O) groups excluding carboxylic acids is 1. The molecule has 1 aliphatic heterocycles. The highest BCUT2D eigenvalue weighted by Gasteiger charge is 2.27. The molecule has 0 saturated carbocycles. The van der Waals surface area contributed by atoms with E-state index in [0.29, 0.717) is 24.4 Å². The van der Waals surface area contributed by atoms with Gasteiger partial charge in [-0.15, -0.1) is 0 Å². The molecule has 0 aliphatic carbocycles. The molecule has 2 aromatic carbocycles. The van der Waals surface area contributed by atoms with E-state index < -0.39 is 21.7 Å². The Bertz CT molecular complexity index is 967. The van der Waals surface area contributed by atoms with Crippen LogP contribution in [-0.4, -0.2) is 50.5 Å². The average Bonchev–Trinajstić information content (AvgIpc) is 2.73. The number of nitrogens with two attached hydrogens (primary N) is 1. The minimum atomic E-state index is -3.50. The molecular formula is C19H22FN4O3S+. The van der Waals surface area contributed by atoms with E-state index in [4.69, 9.17) is 0 Å². The van der Waals surface area contributed by atoms with E-state index >= 15 is 0 Å². The topological polar surface area (TPSA) is 95.4 Å². The molecule has 1 heterocycles. The third kappa shape index (κ3) is 4.61. The van der Waals surface area contributed by atoms with E-state index in [9.17, 15) is 17.6 Å². The van der Waals surface area contributed by atoms with Crippen molar-refractivity contribution in [3.63, 3.8) is 0 Å². The van der Waals surface area contributed by atoms with E-state index in [1.807, 2.05) is 0 Å². The molecule has 3 N–H and O–H groups in total.